The van der Waals surface area contributed by atoms with Crippen LogP contribution >= 0.6 is 11.6 Å². The highest BCUT2D eigenvalue weighted by atomic mass is 35.5. The molecule has 2 aromatic rings. The second-order valence-electron chi connectivity index (χ2n) is 11.0. The summed E-state index contributed by atoms with van der Waals surface area (Å²) in [6.45, 7) is 7.34. The van der Waals surface area contributed by atoms with E-state index in [9.17, 15) is 31.5 Å². The van der Waals surface area contributed by atoms with E-state index in [0.29, 0.717) is 24.6 Å². The summed E-state index contributed by atoms with van der Waals surface area (Å²) in [4.78, 5) is 12.5. The van der Waals surface area contributed by atoms with E-state index in [2.05, 4.69) is 24.5 Å². The van der Waals surface area contributed by atoms with Gasteiger partial charge in [-0.1, -0.05) is 32.4 Å². The quantitative estimate of drug-likeness (QED) is 0.378. The van der Waals surface area contributed by atoms with Gasteiger partial charge in [-0.2, -0.15) is 0 Å². The zero-order chi connectivity index (χ0) is 28.0. The molecule has 0 heterocycles. The number of amides is 1. The molecular formula is C27H32ClF3N2O4S. The number of hydrogen-bond acceptors (Lipinski definition) is 5. The Labute approximate surface area is 225 Å². The number of halogens is 4. The van der Waals surface area contributed by atoms with Crippen LogP contribution in [0.5, 0.6) is 0 Å². The van der Waals surface area contributed by atoms with Crippen molar-refractivity contribution in [1.29, 1.82) is 0 Å². The van der Waals surface area contributed by atoms with Crippen LogP contribution in [0.25, 0.3) is 0 Å². The summed E-state index contributed by atoms with van der Waals surface area (Å²) in [6, 6.07) is 4.96. The molecule has 6 nitrogen and oxygen atoms in total. The normalized spacial score (nSPS) is 27.1. The SMILES string of the molecule is CC(C)CNC[C@@]1(O)C2C[C@@H](S(=O)(=O)c3cc(C(=O)Nc4cc(F)c(F)c(F)c4)ccc3Cl)C[C@@H]1[C@@H](C)C2. The molecule has 2 aliphatic rings. The second kappa shape index (κ2) is 10.8. The van der Waals surface area contributed by atoms with Gasteiger partial charge in [0.15, 0.2) is 27.3 Å². The van der Waals surface area contributed by atoms with Gasteiger partial charge in [0.05, 0.1) is 20.8 Å². The topological polar surface area (TPSA) is 95.5 Å². The van der Waals surface area contributed by atoms with E-state index < -0.39 is 44.0 Å². The fourth-order valence-corrected chi connectivity index (χ4v) is 8.39. The fraction of sp³-hybridized carbons (Fsp3) is 0.519. The van der Waals surface area contributed by atoms with Crippen molar-refractivity contribution in [3.63, 3.8) is 0 Å². The number of hydrogen-bond donors (Lipinski definition) is 3. The van der Waals surface area contributed by atoms with Gasteiger partial charge in [0.1, 0.15) is 0 Å². The van der Waals surface area contributed by atoms with Gasteiger partial charge in [0.25, 0.3) is 5.91 Å². The third-order valence-electron chi connectivity index (χ3n) is 7.90. The number of nitrogens with one attached hydrogen (secondary N) is 2. The van der Waals surface area contributed by atoms with Crippen molar-refractivity contribution in [3.8, 4) is 0 Å². The molecule has 208 valence electrons. The smallest absolute Gasteiger partial charge is 0.255 e. The predicted molar refractivity (Wildman–Crippen MR) is 139 cm³/mol. The average molecular weight is 573 g/mol. The molecule has 38 heavy (non-hydrogen) atoms. The third kappa shape index (κ3) is 5.46. The Hall–Kier alpha value is -2.14. The summed E-state index contributed by atoms with van der Waals surface area (Å²) in [5.41, 5.74) is -1.42. The summed E-state index contributed by atoms with van der Waals surface area (Å²) in [7, 11) is -3.99. The van der Waals surface area contributed by atoms with Gasteiger partial charge in [-0.05, 0) is 67.7 Å². The van der Waals surface area contributed by atoms with Crippen LogP contribution in [0.15, 0.2) is 35.2 Å². The highest BCUT2D eigenvalue weighted by Crippen LogP contribution is 2.54. The summed E-state index contributed by atoms with van der Waals surface area (Å²) in [5.74, 6) is -5.31. The fourth-order valence-electron chi connectivity index (χ4n) is 6.01. The molecule has 2 aromatic carbocycles. The molecule has 0 saturated heterocycles. The van der Waals surface area contributed by atoms with Crippen molar-refractivity contribution in [2.45, 2.75) is 55.8 Å². The Balaban J connectivity index is 1.56. The lowest BCUT2D eigenvalue weighted by Crippen LogP contribution is -2.54. The lowest BCUT2D eigenvalue weighted by Gasteiger charge is -2.43. The van der Waals surface area contributed by atoms with E-state index in [1.54, 1.807) is 0 Å². The monoisotopic (exact) mass is 572 g/mol. The lowest BCUT2D eigenvalue weighted by molar-refractivity contribution is -0.0615. The van der Waals surface area contributed by atoms with Gasteiger partial charge < -0.3 is 15.7 Å². The van der Waals surface area contributed by atoms with Crippen LogP contribution in [0.3, 0.4) is 0 Å². The molecule has 11 heteroatoms. The van der Waals surface area contributed by atoms with Gasteiger partial charge in [-0.15, -0.1) is 0 Å². The van der Waals surface area contributed by atoms with E-state index in [1.807, 2.05) is 6.92 Å². The van der Waals surface area contributed by atoms with Crippen LogP contribution in [-0.4, -0.2) is 43.4 Å². The Kier molecular flexibility index (Phi) is 8.19. The molecule has 2 aliphatic carbocycles. The molecule has 0 aromatic heterocycles. The highest BCUT2D eigenvalue weighted by Gasteiger charge is 2.58. The van der Waals surface area contributed by atoms with Gasteiger partial charge >= 0.3 is 0 Å². The second-order valence-corrected chi connectivity index (χ2v) is 13.6. The van der Waals surface area contributed by atoms with Crippen molar-refractivity contribution >= 4 is 33.0 Å². The summed E-state index contributed by atoms with van der Waals surface area (Å²) >= 11 is 6.28. The zero-order valence-corrected chi connectivity index (χ0v) is 23.0. The van der Waals surface area contributed by atoms with E-state index in [-0.39, 0.29) is 51.8 Å². The number of carbonyl (C=O) groups is 1. The Morgan fingerprint density at radius 2 is 1.79 bits per heavy atom. The van der Waals surface area contributed by atoms with Crippen LogP contribution in [0.4, 0.5) is 18.9 Å². The van der Waals surface area contributed by atoms with Gasteiger partial charge in [0.2, 0.25) is 0 Å². The Morgan fingerprint density at radius 1 is 1.13 bits per heavy atom. The first kappa shape index (κ1) is 28.9. The molecule has 2 bridgehead atoms. The van der Waals surface area contributed by atoms with E-state index in [1.165, 1.54) is 12.1 Å². The number of rotatable bonds is 8. The maximum atomic E-state index is 13.8. The molecule has 0 spiro atoms. The van der Waals surface area contributed by atoms with Gasteiger partial charge in [-0.3, -0.25) is 4.79 Å². The number of anilines is 1. The molecule has 5 atom stereocenters. The molecular weight excluding hydrogens is 541 g/mol. The average Bonchev–Trinajstić information content (AvgIpc) is 2.95. The van der Waals surface area contributed by atoms with Crippen LogP contribution in [0.2, 0.25) is 5.02 Å². The predicted octanol–water partition coefficient (Wildman–Crippen LogP) is 5.19. The first-order valence-corrected chi connectivity index (χ1v) is 14.6. The summed E-state index contributed by atoms with van der Waals surface area (Å²) in [5, 5.41) is 16.3. The zero-order valence-electron chi connectivity index (χ0n) is 21.4. The largest absolute Gasteiger partial charge is 0.388 e. The number of fused-ring (bicyclic) bond motifs is 2. The molecule has 2 saturated carbocycles. The number of benzene rings is 2. The first-order valence-electron chi connectivity index (χ1n) is 12.7. The van der Waals surface area contributed by atoms with E-state index in [0.717, 1.165) is 19.0 Å². The Morgan fingerprint density at radius 3 is 2.39 bits per heavy atom. The van der Waals surface area contributed by atoms with Crippen LogP contribution < -0.4 is 10.6 Å². The molecule has 3 N–H and O–H groups in total. The molecule has 0 aliphatic heterocycles. The maximum absolute atomic E-state index is 13.8. The minimum absolute atomic E-state index is 0.0553. The number of carbonyl (C=O) groups excluding carboxylic acids is 1. The molecule has 1 amide bonds. The minimum atomic E-state index is -3.99. The van der Waals surface area contributed by atoms with Crippen molar-refractivity contribution in [1.82, 2.24) is 5.32 Å². The van der Waals surface area contributed by atoms with Crippen LogP contribution in [0, 0.1) is 41.1 Å². The van der Waals surface area contributed by atoms with Gasteiger partial charge in [-0.25, -0.2) is 21.6 Å². The summed E-state index contributed by atoms with van der Waals surface area (Å²) in [6.07, 6.45) is 1.25. The van der Waals surface area contributed by atoms with Crippen molar-refractivity contribution in [2.24, 2.45) is 23.7 Å². The molecule has 4 rings (SSSR count). The standard InChI is InChI=1S/C27H32ClF3N2O4S/c1-14(2)12-32-13-27(35)17-6-15(3)20(27)11-19(8-17)38(36,37)24-7-16(4-5-21(24)28)26(34)33-18-9-22(29)25(31)23(30)10-18/h4-5,7,9-10,14-15,17,19-20,32,35H,6,8,11-13H2,1-3H3,(H,33,34)/t15-,17?,19+,20+,27+/m0/s1. The van der Waals surface area contributed by atoms with Crippen molar-refractivity contribution in [3.05, 3.63) is 58.4 Å². The minimum Gasteiger partial charge on any atom is -0.388 e. The van der Waals surface area contributed by atoms with E-state index >= 15 is 0 Å². The van der Waals surface area contributed by atoms with Crippen LogP contribution in [-0.2, 0) is 9.84 Å². The molecule has 0 radical (unpaired) electrons. The lowest BCUT2D eigenvalue weighted by atomic mass is 9.73. The first-order chi connectivity index (χ1) is 17.7. The van der Waals surface area contributed by atoms with E-state index in [4.69, 9.17) is 11.6 Å². The summed E-state index contributed by atoms with van der Waals surface area (Å²) < 4.78 is 67.8. The number of sulfone groups is 1. The maximum Gasteiger partial charge on any atom is 0.255 e. The van der Waals surface area contributed by atoms with Gasteiger partial charge in [0, 0.05) is 29.9 Å². The van der Waals surface area contributed by atoms with Crippen LogP contribution in [0.1, 0.15) is 50.4 Å². The molecule has 2 fully saturated rings. The third-order valence-corrected chi connectivity index (χ3v) is 10.6. The molecule has 1 unspecified atom stereocenters. The Bertz CT molecular complexity index is 1320. The van der Waals surface area contributed by atoms with Crippen molar-refractivity contribution < 1.29 is 31.5 Å². The van der Waals surface area contributed by atoms with Crippen molar-refractivity contribution in [2.75, 3.05) is 18.4 Å². The number of aliphatic hydroxyl groups is 1. The highest BCUT2D eigenvalue weighted by molar-refractivity contribution is 7.92.